The van der Waals surface area contributed by atoms with Gasteiger partial charge < -0.3 is 14.3 Å². The number of nitrogens with one attached hydrogen (secondary N) is 2. The average Bonchev–Trinajstić information content (AvgIpc) is 3.20. The number of anilines is 1. The fourth-order valence-corrected chi connectivity index (χ4v) is 4.38. The van der Waals surface area contributed by atoms with Gasteiger partial charge in [0, 0.05) is 36.6 Å². The van der Waals surface area contributed by atoms with Gasteiger partial charge >= 0.3 is 0 Å². The molecule has 0 saturated heterocycles. The number of hydrogen-bond acceptors (Lipinski definition) is 7. The number of amides is 1. The van der Waals surface area contributed by atoms with Crippen LogP contribution in [0.3, 0.4) is 0 Å². The maximum Gasteiger partial charge on any atom is 0.285 e. The first-order valence-corrected chi connectivity index (χ1v) is 12.8. The van der Waals surface area contributed by atoms with Crippen molar-refractivity contribution in [2.45, 2.75) is 19.9 Å². The Morgan fingerprint density at radius 1 is 1.20 bits per heavy atom. The Hall–Kier alpha value is -3.63. The molecule has 0 unspecified atom stereocenters. The van der Waals surface area contributed by atoms with Gasteiger partial charge in [0.05, 0.1) is 23.4 Å². The molecule has 4 rings (SSSR count). The number of carbonyl (C=O) groups is 1. The van der Waals surface area contributed by atoms with Crippen molar-refractivity contribution in [2.24, 2.45) is 7.05 Å². The molecule has 9 nitrogen and oxygen atoms in total. The Kier molecular flexibility index (Phi) is 6.44. The van der Waals surface area contributed by atoms with Crippen LogP contribution in [0.15, 0.2) is 58.0 Å². The van der Waals surface area contributed by atoms with Crippen LogP contribution in [0.5, 0.6) is 0 Å². The molecule has 0 fully saturated rings. The minimum Gasteiger partial charge on any atom is -0.455 e. The zero-order chi connectivity index (χ0) is 25.5. The van der Waals surface area contributed by atoms with Gasteiger partial charge in [-0.05, 0) is 43.7 Å². The topological polar surface area (TPSA) is 123 Å². The summed E-state index contributed by atoms with van der Waals surface area (Å²) in [5.41, 5.74) is 2.61. The number of benzene rings is 1. The van der Waals surface area contributed by atoms with Crippen LogP contribution in [0.4, 0.5) is 5.69 Å². The third-order valence-electron chi connectivity index (χ3n) is 5.31. The Bertz CT molecular complexity index is 1620. The SMILES string of the molecule is Cc1cc([C@@H](C)Nc2ccc(Cl)nc2C(=O)NS(C)(=O)=O)c2oc(-c3ccn(C)c3)cc(=O)c2c1. The van der Waals surface area contributed by atoms with Crippen LogP contribution in [0, 0.1) is 6.92 Å². The van der Waals surface area contributed by atoms with Crippen molar-refractivity contribution in [3.05, 3.63) is 81.0 Å². The number of fused-ring (bicyclic) bond motifs is 1. The number of halogens is 1. The largest absolute Gasteiger partial charge is 0.455 e. The highest BCUT2D eigenvalue weighted by Gasteiger charge is 2.21. The second-order valence-corrected chi connectivity index (χ2v) is 10.5. The summed E-state index contributed by atoms with van der Waals surface area (Å²) in [7, 11) is -1.94. The van der Waals surface area contributed by atoms with Crippen molar-refractivity contribution >= 4 is 44.2 Å². The molecular formula is C24H23ClN4O5S. The normalized spacial score (nSPS) is 12.5. The minimum absolute atomic E-state index is 0.0290. The first-order chi connectivity index (χ1) is 16.4. The molecule has 11 heteroatoms. The summed E-state index contributed by atoms with van der Waals surface area (Å²) >= 11 is 5.96. The molecule has 0 aliphatic heterocycles. The van der Waals surface area contributed by atoms with E-state index in [9.17, 15) is 18.0 Å². The van der Waals surface area contributed by atoms with Gasteiger partial charge in [-0.2, -0.15) is 0 Å². The number of rotatable bonds is 6. The van der Waals surface area contributed by atoms with Gasteiger partial charge in [0.1, 0.15) is 16.5 Å². The maximum absolute atomic E-state index is 13.0. The number of aromatic nitrogens is 2. The molecule has 0 aliphatic carbocycles. The summed E-state index contributed by atoms with van der Waals surface area (Å²) in [6.07, 6.45) is 4.58. The van der Waals surface area contributed by atoms with E-state index in [2.05, 4.69) is 10.3 Å². The van der Waals surface area contributed by atoms with E-state index in [4.69, 9.17) is 16.0 Å². The molecular weight excluding hydrogens is 492 g/mol. The van der Waals surface area contributed by atoms with Crippen LogP contribution >= 0.6 is 11.6 Å². The molecule has 4 aromatic rings. The Morgan fingerprint density at radius 2 is 1.94 bits per heavy atom. The summed E-state index contributed by atoms with van der Waals surface area (Å²) in [6, 6.07) is 9.53. The van der Waals surface area contributed by atoms with E-state index in [-0.39, 0.29) is 22.0 Å². The van der Waals surface area contributed by atoms with E-state index in [0.29, 0.717) is 22.3 Å². The molecule has 1 aromatic carbocycles. The van der Waals surface area contributed by atoms with Crippen molar-refractivity contribution in [3.63, 3.8) is 0 Å². The fourth-order valence-electron chi connectivity index (χ4n) is 3.80. The van der Waals surface area contributed by atoms with Crippen LogP contribution in [0.1, 0.15) is 34.6 Å². The highest BCUT2D eigenvalue weighted by Crippen LogP contribution is 2.31. The molecule has 0 bridgehead atoms. The fraction of sp³-hybridized carbons (Fsp3) is 0.208. The average molecular weight is 515 g/mol. The number of nitrogens with zero attached hydrogens (tertiary/aromatic N) is 2. The lowest BCUT2D eigenvalue weighted by atomic mass is 10.0. The second kappa shape index (κ2) is 9.20. The zero-order valence-corrected chi connectivity index (χ0v) is 21.0. The molecule has 3 heterocycles. The van der Waals surface area contributed by atoms with Crippen molar-refractivity contribution < 1.29 is 17.6 Å². The number of pyridine rings is 1. The predicted molar refractivity (Wildman–Crippen MR) is 135 cm³/mol. The van der Waals surface area contributed by atoms with E-state index in [1.165, 1.54) is 18.2 Å². The highest BCUT2D eigenvalue weighted by molar-refractivity contribution is 7.89. The van der Waals surface area contributed by atoms with E-state index < -0.39 is 22.0 Å². The second-order valence-electron chi connectivity index (χ2n) is 8.37. The van der Waals surface area contributed by atoms with Gasteiger partial charge in [-0.3, -0.25) is 9.59 Å². The molecule has 0 spiro atoms. The number of sulfonamides is 1. The van der Waals surface area contributed by atoms with Gasteiger partial charge in [0.15, 0.2) is 11.1 Å². The minimum atomic E-state index is -3.81. The molecule has 0 aliphatic rings. The first kappa shape index (κ1) is 24.5. The van der Waals surface area contributed by atoms with Crippen molar-refractivity contribution in [1.29, 1.82) is 0 Å². The van der Waals surface area contributed by atoms with E-state index in [0.717, 1.165) is 17.4 Å². The van der Waals surface area contributed by atoms with Gasteiger partial charge in [0.25, 0.3) is 5.91 Å². The summed E-state index contributed by atoms with van der Waals surface area (Å²) in [5.74, 6) is -0.488. The zero-order valence-electron chi connectivity index (χ0n) is 19.4. The summed E-state index contributed by atoms with van der Waals surface area (Å²) in [4.78, 5) is 29.5. The Labute approximate surface area is 206 Å². The first-order valence-electron chi connectivity index (χ1n) is 10.6. The van der Waals surface area contributed by atoms with Crippen LogP contribution in [0.2, 0.25) is 5.15 Å². The van der Waals surface area contributed by atoms with Gasteiger partial charge in [-0.15, -0.1) is 0 Å². The number of aryl methyl sites for hydroxylation is 2. The van der Waals surface area contributed by atoms with Crippen molar-refractivity contribution in [2.75, 3.05) is 11.6 Å². The van der Waals surface area contributed by atoms with Crippen LogP contribution in [-0.4, -0.2) is 30.1 Å². The molecule has 182 valence electrons. The van der Waals surface area contributed by atoms with E-state index >= 15 is 0 Å². The van der Waals surface area contributed by atoms with E-state index in [1.54, 1.807) is 6.07 Å². The maximum atomic E-state index is 13.0. The molecule has 0 saturated carbocycles. The predicted octanol–water partition coefficient (Wildman–Crippen LogP) is 4.02. The lowest BCUT2D eigenvalue weighted by Crippen LogP contribution is -2.31. The van der Waals surface area contributed by atoms with Crippen molar-refractivity contribution in [1.82, 2.24) is 14.3 Å². The molecule has 2 N–H and O–H groups in total. The number of carbonyl (C=O) groups excluding carboxylic acids is 1. The quantitative estimate of drug-likeness (QED) is 0.372. The molecule has 1 atom stereocenters. The lowest BCUT2D eigenvalue weighted by molar-refractivity contribution is 0.0977. The third kappa shape index (κ3) is 5.39. The Morgan fingerprint density at radius 3 is 2.60 bits per heavy atom. The van der Waals surface area contributed by atoms with Gasteiger partial charge in [0.2, 0.25) is 10.0 Å². The molecule has 0 radical (unpaired) electrons. The number of hydrogen-bond donors (Lipinski definition) is 2. The Balaban J connectivity index is 1.80. The summed E-state index contributed by atoms with van der Waals surface area (Å²) in [6.45, 7) is 3.70. The monoisotopic (exact) mass is 514 g/mol. The smallest absolute Gasteiger partial charge is 0.285 e. The molecule has 3 aromatic heterocycles. The summed E-state index contributed by atoms with van der Waals surface area (Å²) in [5, 5.41) is 3.64. The highest BCUT2D eigenvalue weighted by atomic mass is 35.5. The lowest BCUT2D eigenvalue weighted by Gasteiger charge is -2.19. The van der Waals surface area contributed by atoms with Gasteiger partial charge in [-0.25, -0.2) is 18.1 Å². The third-order valence-corrected chi connectivity index (χ3v) is 6.08. The van der Waals surface area contributed by atoms with Crippen molar-refractivity contribution in [3.8, 4) is 11.3 Å². The van der Waals surface area contributed by atoms with Crippen LogP contribution < -0.4 is 15.5 Å². The van der Waals surface area contributed by atoms with E-state index in [1.807, 2.05) is 54.7 Å². The molecule has 1 amide bonds. The standard InChI is InChI=1S/C24H23ClN4O5S/c1-13-9-16(23-17(10-13)19(30)11-20(34-23)15-7-8-29(3)12-15)14(2)26-18-5-6-21(25)27-22(18)24(31)28-35(4,32)33/h5-12,14,26H,1-4H3,(H,28,31)/t14-/m1/s1. The van der Waals surface area contributed by atoms with Gasteiger partial charge in [-0.1, -0.05) is 17.7 Å². The van der Waals surface area contributed by atoms with Crippen LogP contribution in [-0.2, 0) is 17.1 Å². The molecule has 35 heavy (non-hydrogen) atoms. The van der Waals surface area contributed by atoms with Crippen LogP contribution in [0.25, 0.3) is 22.3 Å². The summed E-state index contributed by atoms with van der Waals surface area (Å²) < 4.78 is 33.1.